The van der Waals surface area contributed by atoms with Crippen LogP contribution in [0.25, 0.3) is 11.2 Å². The molecule has 7 rings (SSSR count). The van der Waals surface area contributed by atoms with Gasteiger partial charge >= 0.3 is 37.3 Å². The van der Waals surface area contributed by atoms with Gasteiger partial charge in [0.2, 0.25) is 5.95 Å². The Labute approximate surface area is 576 Å². The molecule has 3 aromatic rings. The number of hydrogen-bond acceptors (Lipinski definition) is 31. The van der Waals surface area contributed by atoms with Crippen molar-refractivity contribution in [3.05, 3.63) is 52.1 Å². The van der Waals surface area contributed by atoms with Gasteiger partial charge in [0, 0.05) is 69.4 Å². The lowest BCUT2D eigenvalue weighted by Gasteiger charge is -2.24. The molecule has 568 valence electrons. The number of phosphoric ester groups is 4. The molecule has 4 fully saturated rings. The lowest BCUT2D eigenvalue weighted by atomic mass is 10.0. The summed E-state index contributed by atoms with van der Waals surface area (Å²) in [4.78, 5) is 104. The van der Waals surface area contributed by atoms with Crippen LogP contribution in [0.5, 0.6) is 0 Å². The summed E-state index contributed by atoms with van der Waals surface area (Å²) in [6.07, 6.45) is -4.01. The van der Waals surface area contributed by atoms with Crippen molar-refractivity contribution < 1.29 is 142 Å². The first-order valence-corrected chi connectivity index (χ1v) is 38.4. The largest absolute Gasteiger partial charge is 0.480 e. The van der Waals surface area contributed by atoms with Gasteiger partial charge in [-0.1, -0.05) is 6.92 Å². The first-order valence-electron chi connectivity index (χ1n) is 32.4. The quantitative estimate of drug-likeness (QED) is 0.0284. The fraction of sp³-hybridized carbons (Fsp3) is 0.741. The first kappa shape index (κ1) is 84.6. The summed E-state index contributed by atoms with van der Waals surface area (Å²) < 4.78 is 133. The van der Waals surface area contributed by atoms with E-state index in [1.165, 1.54) is 18.3 Å². The molecule has 18 atom stereocenters. The minimum absolute atomic E-state index is 0.0182. The molecule has 0 spiro atoms. The molecule has 100 heavy (non-hydrogen) atoms. The predicted molar refractivity (Wildman–Crippen MR) is 349 cm³/mol. The van der Waals surface area contributed by atoms with Gasteiger partial charge in [0.25, 0.3) is 11.5 Å². The van der Waals surface area contributed by atoms with E-state index in [-0.39, 0.29) is 137 Å². The molecule has 6 unspecified atom stereocenters. The van der Waals surface area contributed by atoms with Crippen LogP contribution in [0.3, 0.4) is 0 Å². The maximum Gasteiger partial charge on any atom is 0.472 e. The average molecular weight is 1510 g/mol. The number of nitrogens with two attached hydrogens (primary N) is 1. The molecule has 1 amide bonds. The van der Waals surface area contributed by atoms with Crippen molar-refractivity contribution in [1.82, 2.24) is 25.3 Å². The number of carbonyl (C=O) groups is 3. The van der Waals surface area contributed by atoms with Crippen LogP contribution in [-0.2, 0) is 108 Å². The summed E-state index contributed by atoms with van der Waals surface area (Å²) in [5.41, 5.74) is 6.50. The third-order valence-corrected chi connectivity index (χ3v) is 19.4. The number of aliphatic hydroxyl groups excluding tert-OH is 2. The fourth-order valence-electron chi connectivity index (χ4n) is 10.5. The Morgan fingerprint density at radius 3 is 1.70 bits per heavy atom. The Kier molecular flexibility index (Phi) is 35.0. The Hall–Kier alpha value is -4.31. The van der Waals surface area contributed by atoms with Gasteiger partial charge in [-0.25, -0.2) is 33.0 Å². The number of nitrogens with zero attached hydrogens (tertiary/aromatic N) is 3. The number of aromatic nitrogens is 4. The van der Waals surface area contributed by atoms with E-state index < -0.39 is 123 Å². The number of aromatic amines is 1. The van der Waals surface area contributed by atoms with Crippen LogP contribution in [0, 0.1) is 5.92 Å². The number of carbonyl (C=O) groups excluding carboxylic acids is 2. The molecule has 0 aliphatic carbocycles. The molecule has 1 aromatic carbocycles. The monoisotopic (exact) mass is 1510 g/mol. The van der Waals surface area contributed by atoms with Crippen molar-refractivity contribution in [3.63, 3.8) is 0 Å². The third-order valence-electron chi connectivity index (χ3n) is 15.4. The maximum atomic E-state index is 12.8. The number of anilines is 2. The first-order chi connectivity index (χ1) is 47.3. The molecule has 4 saturated heterocycles. The molecule has 0 bridgehead atoms. The number of nitrogens with one attached hydrogen (secondary N) is 3. The van der Waals surface area contributed by atoms with Crippen LogP contribution < -0.4 is 21.9 Å². The second-order valence-corrected chi connectivity index (χ2v) is 29.9. The zero-order chi connectivity index (χ0) is 73.2. The van der Waals surface area contributed by atoms with Crippen LogP contribution in [0.1, 0.15) is 108 Å². The number of aliphatic carboxylic acids is 1. The number of Topliss-reactive ketones (excluding diaryl/α,β-unsaturated/α-hetero) is 1. The number of carboxylic acid groups (broad SMARTS) is 1. The molecule has 38 nitrogen and oxygen atoms in total. The summed E-state index contributed by atoms with van der Waals surface area (Å²) in [6.45, 7) is 9.70. The number of H-pyrrole nitrogens is 1. The van der Waals surface area contributed by atoms with E-state index in [4.69, 9.17) is 75.3 Å². The highest BCUT2D eigenvalue weighted by Crippen LogP contribution is 2.52. The lowest BCUT2D eigenvalue weighted by molar-refractivity contribution is -0.139. The number of benzene rings is 1. The highest BCUT2D eigenvalue weighted by molar-refractivity contribution is 7.48. The van der Waals surface area contributed by atoms with Crippen LogP contribution in [0.2, 0.25) is 0 Å². The number of rotatable bonds is 45. The highest BCUT2D eigenvalue weighted by Gasteiger charge is 2.45. The Morgan fingerprint density at radius 2 is 1.16 bits per heavy atom. The molecular formula is C58H95N7O31P4. The van der Waals surface area contributed by atoms with E-state index >= 15 is 0 Å². The Bertz CT molecular complexity index is 3300. The minimum Gasteiger partial charge on any atom is -0.480 e. The van der Waals surface area contributed by atoms with E-state index in [9.17, 15) is 72.3 Å². The summed E-state index contributed by atoms with van der Waals surface area (Å²) in [6, 6.07) is 5.04. The maximum absolute atomic E-state index is 12.8. The van der Waals surface area contributed by atoms with Gasteiger partial charge < -0.3 is 89.2 Å². The molecule has 4 aliphatic rings. The van der Waals surface area contributed by atoms with Gasteiger partial charge in [0.1, 0.15) is 54.6 Å². The lowest BCUT2D eigenvalue weighted by Crippen LogP contribution is -2.41. The number of hydrogen-bond donors (Lipinski definition) is 11. The number of ether oxygens (including phenoxy) is 8. The summed E-state index contributed by atoms with van der Waals surface area (Å²) >= 11 is 0. The number of fused-ring (bicyclic) bond motifs is 1. The van der Waals surface area contributed by atoms with Crippen molar-refractivity contribution >= 4 is 71.8 Å². The van der Waals surface area contributed by atoms with Crippen LogP contribution in [0.15, 0.2) is 35.3 Å². The summed E-state index contributed by atoms with van der Waals surface area (Å²) in [5, 5.41) is 34.5. The number of unbranched alkanes of at least 4 members (excludes halogenated alkanes) is 1. The van der Waals surface area contributed by atoms with Crippen LogP contribution in [-0.4, -0.2) is 245 Å². The zero-order valence-electron chi connectivity index (χ0n) is 56.4. The standard InChI is InChI=1S/C45H69N7O20P2.C13H26O11P2/c1-28(26-67-73(59,60)72-37-21-30(3)70-39(37)27-68-74(61,62)71-36-20-29(2)69-38(36)24-53)25-66-19-18-65-17-16-64-15-14-63-13-5-4-6-34(54)11-12-35(44(57)58)50-42(55)31-7-9-32(10-8-31)47-22-33-23-48-41-40(49-33)43(56)52-45(46)51-41;1-8-4-10(14)12(22-8)6-21-26(17,18)24-11-5-9(2)23-13(11)7-20-25(15,16)19-3/h7-10,23,28-30,35-39,47,53H,4-6,11-22,24-27H2,1-3H3,(H,50,55)(H,57,58)(H,59,60)(H,61,62)(H3,46,48,51,52,56);8-14H,4-7H2,1-3H3,(H,15,16)(H,17,18)/t28?,29-,30-,35?,36+,37+,38+,39+;8-,9-,10+,11+,12+,13+/m00/s1. The van der Waals surface area contributed by atoms with Gasteiger partial charge in [-0.2, -0.15) is 4.98 Å². The molecule has 42 heteroatoms. The van der Waals surface area contributed by atoms with Gasteiger partial charge in [-0.05, 0) is 71.2 Å². The van der Waals surface area contributed by atoms with Gasteiger partial charge in [-0.3, -0.25) is 55.6 Å². The molecule has 2 aromatic heterocycles. The highest BCUT2D eigenvalue weighted by atomic mass is 31.2. The number of phosphoric acid groups is 4. The number of nitrogen functional groups attached to an aromatic ring is 1. The number of ketones is 1. The fourth-order valence-corrected chi connectivity index (χ4v) is 13.9. The molecule has 12 N–H and O–H groups in total. The topological polar surface area (TPSA) is 530 Å². The van der Waals surface area contributed by atoms with Gasteiger partial charge in [0.15, 0.2) is 11.2 Å². The number of carboxylic acids is 1. The molecular weight excluding hydrogens is 1410 g/mol. The predicted octanol–water partition coefficient (Wildman–Crippen LogP) is 3.63. The van der Waals surface area contributed by atoms with Crippen molar-refractivity contribution in [3.8, 4) is 0 Å². The van der Waals surface area contributed by atoms with E-state index in [0.717, 1.165) is 7.11 Å². The smallest absolute Gasteiger partial charge is 0.472 e. The zero-order valence-corrected chi connectivity index (χ0v) is 59.9. The molecule has 6 heterocycles. The van der Waals surface area contributed by atoms with Crippen molar-refractivity contribution in [2.45, 2.75) is 178 Å². The second-order valence-electron chi connectivity index (χ2n) is 24.1. The molecule has 0 radical (unpaired) electrons. The summed E-state index contributed by atoms with van der Waals surface area (Å²) in [5.74, 6) is -2.34. The van der Waals surface area contributed by atoms with Crippen molar-refractivity contribution in [2.24, 2.45) is 5.92 Å². The Morgan fingerprint density at radius 1 is 0.660 bits per heavy atom. The molecule has 4 aliphatic heterocycles. The van der Waals surface area contributed by atoms with Gasteiger partial charge in [0.05, 0.1) is 128 Å². The van der Waals surface area contributed by atoms with Crippen LogP contribution >= 0.6 is 31.3 Å². The minimum atomic E-state index is -4.60. The van der Waals surface area contributed by atoms with Crippen LogP contribution in [0.4, 0.5) is 11.6 Å². The third kappa shape index (κ3) is 30.4. The summed E-state index contributed by atoms with van der Waals surface area (Å²) in [7, 11) is -16.8. The van der Waals surface area contributed by atoms with E-state index in [0.29, 0.717) is 63.7 Å². The molecule has 0 saturated carbocycles. The average Bonchev–Trinajstić information content (AvgIpc) is 0.843. The van der Waals surface area contributed by atoms with E-state index in [1.54, 1.807) is 46.8 Å². The number of aliphatic hydroxyl groups is 2. The Balaban J connectivity index is 0.000000505. The normalized spacial score (nSPS) is 26.8. The van der Waals surface area contributed by atoms with Crippen molar-refractivity contribution in [2.75, 3.05) is 104 Å². The van der Waals surface area contributed by atoms with Gasteiger partial charge in [-0.15, -0.1) is 0 Å². The van der Waals surface area contributed by atoms with Crippen molar-refractivity contribution in [1.29, 1.82) is 0 Å². The second kappa shape index (κ2) is 41.4. The van der Waals surface area contributed by atoms with E-state index in [2.05, 4.69) is 35.1 Å². The van der Waals surface area contributed by atoms with E-state index in [1.807, 2.05) is 0 Å². The SMILES string of the molecule is CC(COCCOCCOCCOCCCCC(=O)CCC(NC(=O)c1ccc(NCc2cnc3nc(N)[nH]c(=O)c3n2)cc1)C(=O)O)COP(=O)(O)O[C@@H]1C[C@H](C)O[C@@H]1COP(=O)(O)O[C@@H]1C[C@H](C)O[C@@H]1CO.COP(=O)(O)OC[C@H]1O[C@@H](C)C[C@H]1OP(=O)(O)OC[C@H]1O[C@@H](C)C[C@H]1O. The number of amides is 1.